The third kappa shape index (κ3) is 4.63. The lowest BCUT2D eigenvalue weighted by atomic mass is 10.1. The molecular weight excluding hydrogens is 408 g/mol. The number of sulfonamides is 1. The van der Waals surface area contributed by atoms with E-state index in [0.29, 0.717) is 5.69 Å². The summed E-state index contributed by atoms with van der Waals surface area (Å²) >= 11 is 0. The van der Waals surface area contributed by atoms with Gasteiger partial charge in [-0.2, -0.15) is 0 Å². The van der Waals surface area contributed by atoms with Crippen LogP contribution in [0.4, 0.5) is 5.69 Å². The number of hydrogen-bond acceptors (Lipinski definition) is 7. The number of ether oxygens (including phenoxy) is 2. The first-order valence-electron chi connectivity index (χ1n) is 9.55. The summed E-state index contributed by atoms with van der Waals surface area (Å²) in [5, 5.41) is 0. The van der Waals surface area contributed by atoms with Crippen LogP contribution in [-0.2, 0) is 29.1 Å². The molecular formula is C21H24N2O6S. The van der Waals surface area contributed by atoms with Crippen LogP contribution in [0.25, 0.3) is 0 Å². The van der Waals surface area contributed by atoms with Crippen molar-refractivity contribution >= 4 is 27.6 Å². The predicted octanol–water partition coefficient (Wildman–Crippen LogP) is 2.40. The van der Waals surface area contributed by atoms with E-state index in [-0.39, 0.29) is 22.2 Å². The fourth-order valence-electron chi connectivity index (χ4n) is 3.50. The van der Waals surface area contributed by atoms with Gasteiger partial charge in [-0.1, -0.05) is 25.0 Å². The first-order valence-corrected chi connectivity index (χ1v) is 11.0. The summed E-state index contributed by atoms with van der Waals surface area (Å²) in [6.45, 7) is 0. The zero-order valence-electron chi connectivity index (χ0n) is 16.8. The maximum absolute atomic E-state index is 12.8. The van der Waals surface area contributed by atoms with Crippen LogP contribution in [0.15, 0.2) is 64.9 Å². The van der Waals surface area contributed by atoms with Crippen LogP contribution >= 0.6 is 0 Å². The van der Waals surface area contributed by atoms with Crippen molar-refractivity contribution < 1.29 is 27.5 Å². The highest BCUT2D eigenvalue weighted by molar-refractivity contribution is 7.89. The highest BCUT2D eigenvalue weighted by atomic mass is 32.2. The Morgan fingerprint density at radius 2 is 1.77 bits per heavy atom. The molecule has 0 spiro atoms. The minimum absolute atomic E-state index is 0.00769. The lowest BCUT2D eigenvalue weighted by Gasteiger charge is -2.23. The van der Waals surface area contributed by atoms with E-state index in [9.17, 15) is 18.0 Å². The van der Waals surface area contributed by atoms with Gasteiger partial charge in [0.1, 0.15) is 5.70 Å². The van der Waals surface area contributed by atoms with Crippen LogP contribution < -0.4 is 9.62 Å². The first kappa shape index (κ1) is 21.8. The average Bonchev–Trinajstić information content (AvgIpc) is 3.14. The molecule has 1 fully saturated rings. The molecule has 0 atom stereocenters. The van der Waals surface area contributed by atoms with Crippen molar-refractivity contribution in [3.05, 3.63) is 60.0 Å². The zero-order chi connectivity index (χ0) is 21.7. The normalized spacial score (nSPS) is 17.2. The lowest BCUT2D eigenvalue weighted by molar-refractivity contribution is -0.139. The largest absolute Gasteiger partial charge is 0.465 e. The summed E-state index contributed by atoms with van der Waals surface area (Å²) in [6, 6.07) is 6.09. The van der Waals surface area contributed by atoms with E-state index in [1.165, 1.54) is 37.3 Å². The molecule has 30 heavy (non-hydrogen) atoms. The molecule has 1 aromatic carbocycles. The number of carbonyl (C=O) groups excluding carboxylic acids is 2. The standard InChI is InChI=1S/C21H24N2O6S/c1-28-20(24)18-12-5-6-13-23(19(18)21(25)29-2)16-10-7-11-17(14-16)30(26,27)22-15-8-3-4-9-15/h5-7,10-15,22H,3-4,8-9H2,1-2H3. The van der Waals surface area contributed by atoms with Gasteiger partial charge >= 0.3 is 11.9 Å². The number of benzene rings is 1. The molecule has 8 nitrogen and oxygen atoms in total. The Bertz CT molecular complexity index is 1020. The Kier molecular flexibility index (Phi) is 6.73. The fraction of sp³-hybridized carbons (Fsp3) is 0.333. The van der Waals surface area contributed by atoms with Gasteiger partial charge in [0, 0.05) is 17.9 Å². The highest BCUT2D eigenvalue weighted by Crippen LogP contribution is 2.28. The van der Waals surface area contributed by atoms with Crippen molar-refractivity contribution in [3.63, 3.8) is 0 Å². The van der Waals surface area contributed by atoms with Crippen LogP contribution in [0.3, 0.4) is 0 Å². The number of allylic oxidation sites excluding steroid dienone is 2. The maximum Gasteiger partial charge on any atom is 0.355 e. The molecule has 1 aliphatic heterocycles. The zero-order valence-corrected chi connectivity index (χ0v) is 17.6. The third-order valence-electron chi connectivity index (χ3n) is 4.97. The van der Waals surface area contributed by atoms with E-state index < -0.39 is 22.0 Å². The second-order valence-electron chi connectivity index (χ2n) is 6.92. The van der Waals surface area contributed by atoms with E-state index in [2.05, 4.69) is 4.72 Å². The summed E-state index contributed by atoms with van der Waals surface area (Å²) in [5.41, 5.74) is 0.297. The van der Waals surface area contributed by atoms with Crippen molar-refractivity contribution in [1.29, 1.82) is 0 Å². The Morgan fingerprint density at radius 1 is 1.07 bits per heavy atom. The summed E-state index contributed by atoms with van der Waals surface area (Å²) in [6.07, 6.45) is 9.83. The van der Waals surface area contributed by atoms with E-state index >= 15 is 0 Å². The van der Waals surface area contributed by atoms with Gasteiger partial charge in [-0.25, -0.2) is 22.7 Å². The minimum atomic E-state index is -3.73. The molecule has 9 heteroatoms. The molecule has 1 aliphatic carbocycles. The van der Waals surface area contributed by atoms with Crippen molar-refractivity contribution in [3.8, 4) is 0 Å². The molecule has 0 bridgehead atoms. The number of rotatable bonds is 6. The van der Waals surface area contributed by atoms with Gasteiger partial charge in [-0.3, -0.25) is 0 Å². The number of methoxy groups -OCH3 is 2. The monoisotopic (exact) mass is 432 g/mol. The van der Waals surface area contributed by atoms with Crippen LogP contribution in [0.1, 0.15) is 25.7 Å². The molecule has 3 rings (SSSR count). The number of hydrogen-bond donors (Lipinski definition) is 1. The fourth-order valence-corrected chi connectivity index (χ4v) is 4.84. The van der Waals surface area contributed by atoms with Gasteiger partial charge in [-0.05, 0) is 43.2 Å². The quantitative estimate of drug-likeness (QED) is 0.689. The van der Waals surface area contributed by atoms with Crippen LogP contribution in [0, 0.1) is 0 Å². The SMILES string of the molecule is COC(=O)C1=C(C(=O)OC)N(c2cccc(S(=O)(=O)NC3CCCC3)c2)C=CC=C1. The molecule has 1 saturated carbocycles. The number of carbonyl (C=O) groups is 2. The molecule has 0 aromatic heterocycles. The summed E-state index contributed by atoms with van der Waals surface area (Å²) in [4.78, 5) is 26.2. The number of nitrogens with one attached hydrogen (secondary N) is 1. The molecule has 0 amide bonds. The molecule has 2 aliphatic rings. The Hall–Kier alpha value is -2.91. The molecule has 1 heterocycles. The van der Waals surface area contributed by atoms with E-state index in [1.54, 1.807) is 30.5 Å². The topological polar surface area (TPSA) is 102 Å². The van der Waals surface area contributed by atoms with Crippen LogP contribution in [0.5, 0.6) is 0 Å². The Labute approximate surface area is 175 Å². The van der Waals surface area contributed by atoms with Gasteiger partial charge in [0.05, 0.1) is 24.7 Å². The number of nitrogens with zero attached hydrogens (tertiary/aromatic N) is 1. The van der Waals surface area contributed by atoms with E-state index in [4.69, 9.17) is 9.47 Å². The van der Waals surface area contributed by atoms with Crippen LogP contribution in [-0.4, -0.2) is 40.6 Å². The van der Waals surface area contributed by atoms with Crippen molar-refractivity contribution in [2.45, 2.75) is 36.6 Å². The highest BCUT2D eigenvalue weighted by Gasteiger charge is 2.29. The molecule has 0 unspecified atom stereocenters. The van der Waals surface area contributed by atoms with Crippen molar-refractivity contribution in [2.75, 3.05) is 19.1 Å². The summed E-state index contributed by atoms with van der Waals surface area (Å²) < 4.78 is 38.1. The minimum Gasteiger partial charge on any atom is -0.465 e. The smallest absolute Gasteiger partial charge is 0.355 e. The molecule has 1 N–H and O–H groups in total. The molecule has 0 saturated heterocycles. The number of esters is 2. The van der Waals surface area contributed by atoms with Gasteiger partial charge < -0.3 is 14.4 Å². The Morgan fingerprint density at radius 3 is 2.43 bits per heavy atom. The van der Waals surface area contributed by atoms with Gasteiger partial charge in [0.25, 0.3) is 0 Å². The van der Waals surface area contributed by atoms with E-state index in [0.717, 1.165) is 25.7 Å². The average molecular weight is 432 g/mol. The second-order valence-corrected chi connectivity index (χ2v) is 8.63. The maximum atomic E-state index is 12.8. The van der Waals surface area contributed by atoms with Crippen molar-refractivity contribution in [2.24, 2.45) is 0 Å². The van der Waals surface area contributed by atoms with Crippen molar-refractivity contribution in [1.82, 2.24) is 4.72 Å². The summed E-state index contributed by atoms with van der Waals surface area (Å²) in [5.74, 6) is -1.48. The number of anilines is 1. The first-order chi connectivity index (χ1) is 14.4. The molecule has 1 aromatic rings. The summed E-state index contributed by atoms with van der Waals surface area (Å²) in [7, 11) is -1.32. The lowest BCUT2D eigenvalue weighted by Crippen LogP contribution is -2.33. The third-order valence-corrected chi connectivity index (χ3v) is 6.49. The predicted molar refractivity (Wildman–Crippen MR) is 111 cm³/mol. The van der Waals surface area contributed by atoms with Gasteiger partial charge in [0.15, 0.2) is 0 Å². The van der Waals surface area contributed by atoms with Gasteiger partial charge in [0.2, 0.25) is 10.0 Å². The second kappa shape index (κ2) is 9.27. The van der Waals surface area contributed by atoms with Crippen LogP contribution in [0.2, 0.25) is 0 Å². The molecule has 0 radical (unpaired) electrons. The van der Waals surface area contributed by atoms with E-state index in [1.807, 2.05) is 0 Å². The van der Waals surface area contributed by atoms with Gasteiger partial charge in [-0.15, -0.1) is 0 Å². The molecule has 160 valence electrons. The Balaban J connectivity index is 2.04.